The molecular weight excluding hydrogens is 422 g/mol. The molecule has 0 aliphatic carbocycles. The van der Waals surface area contributed by atoms with E-state index in [4.69, 9.17) is 10.5 Å². The second kappa shape index (κ2) is 9.54. The van der Waals surface area contributed by atoms with Crippen LogP contribution in [0.3, 0.4) is 0 Å². The number of carboxylic acids is 1. The fourth-order valence-electron chi connectivity index (χ4n) is 2.50. The Labute approximate surface area is 183 Å². The summed E-state index contributed by atoms with van der Waals surface area (Å²) in [5.74, 6) is -5.31. The van der Waals surface area contributed by atoms with Gasteiger partial charge < -0.3 is 26.3 Å². The van der Waals surface area contributed by atoms with Crippen LogP contribution in [0.15, 0.2) is 42.7 Å². The predicted octanol–water partition coefficient (Wildman–Crippen LogP) is 3.84. The standard InChI is InChI=1S/C22H24F2N4O4/c1-21(2,20(31)32)12-28-19(30)18-17(29)7-13(10-27-18)14(9-25)11-26-16-6-4-5-15(8-16)22(3,23)24/h4-11,25-26,29H,12H2,1-3H3,(H,28,30)(H,31,32)/b14-11+,25-9?. The number of amides is 1. The van der Waals surface area contributed by atoms with Crippen molar-refractivity contribution < 1.29 is 28.6 Å². The number of carbonyl (C=O) groups is 2. The molecule has 0 spiro atoms. The number of rotatable bonds is 9. The molecular formula is C22H24F2N4O4. The first-order valence-corrected chi connectivity index (χ1v) is 9.51. The van der Waals surface area contributed by atoms with Crippen molar-refractivity contribution in [1.29, 1.82) is 5.41 Å². The molecule has 0 unspecified atom stereocenters. The molecule has 0 radical (unpaired) electrons. The van der Waals surface area contributed by atoms with E-state index in [0.717, 1.165) is 13.1 Å². The van der Waals surface area contributed by atoms with E-state index in [-0.39, 0.29) is 23.4 Å². The van der Waals surface area contributed by atoms with Crippen molar-refractivity contribution in [3.05, 3.63) is 59.5 Å². The second-order valence-electron chi connectivity index (χ2n) is 7.82. The normalized spacial score (nSPS) is 12.2. The number of aromatic nitrogens is 1. The number of carbonyl (C=O) groups excluding carboxylic acids is 1. The minimum atomic E-state index is -3.00. The second-order valence-corrected chi connectivity index (χ2v) is 7.82. The topological polar surface area (TPSA) is 135 Å². The third-order valence-electron chi connectivity index (χ3n) is 4.61. The van der Waals surface area contributed by atoms with Gasteiger partial charge in [0.2, 0.25) is 0 Å². The quantitative estimate of drug-likeness (QED) is 0.372. The molecule has 2 aromatic rings. The molecule has 8 nitrogen and oxygen atoms in total. The number of alkyl halides is 2. The van der Waals surface area contributed by atoms with Crippen LogP contribution in [0.4, 0.5) is 14.5 Å². The van der Waals surface area contributed by atoms with Gasteiger partial charge in [-0.05, 0) is 32.0 Å². The lowest BCUT2D eigenvalue weighted by Gasteiger charge is -2.19. The number of aromatic hydroxyl groups is 1. The van der Waals surface area contributed by atoms with E-state index < -0.39 is 29.0 Å². The summed E-state index contributed by atoms with van der Waals surface area (Å²) >= 11 is 0. The molecule has 0 bridgehead atoms. The molecule has 0 atom stereocenters. The smallest absolute Gasteiger partial charge is 0.310 e. The van der Waals surface area contributed by atoms with Crippen molar-refractivity contribution in [2.45, 2.75) is 26.7 Å². The Morgan fingerprint density at radius 2 is 1.91 bits per heavy atom. The minimum absolute atomic E-state index is 0.171. The molecule has 170 valence electrons. The maximum Gasteiger partial charge on any atom is 0.310 e. The summed E-state index contributed by atoms with van der Waals surface area (Å²) in [4.78, 5) is 27.3. The summed E-state index contributed by atoms with van der Waals surface area (Å²) in [6.07, 6.45) is 3.61. The SMILES string of the molecule is CC(C)(CNC(=O)c1ncc(/C(C=N)=C/Nc2cccc(C(C)(F)F)c2)cc1O)C(=O)O. The molecule has 1 heterocycles. The lowest BCUT2D eigenvalue weighted by atomic mass is 9.94. The molecule has 0 fully saturated rings. The monoisotopic (exact) mass is 446 g/mol. The Bertz CT molecular complexity index is 1060. The molecule has 0 saturated heterocycles. The number of nitrogens with one attached hydrogen (secondary N) is 3. The highest BCUT2D eigenvalue weighted by molar-refractivity contribution is 6.09. The summed E-state index contributed by atoms with van der Waals surface area (Å²) in [5, 5.41) is 32.1. The molecule has 1 amide bonds. The van der Waals surface area contributed by atoms with Gasteiger partial charge in [-0.3, -0.25) is 9.59 Å². The van der Waals surface area contributed by atoms with Gasteiger partial charge in [0.25, 0.3) is 11.8 Å². The van der Waals surface area contributed by atoms with Gasteiger partial charge in [0, 0.05) is 54.5 Å². The molecule has 0 aliphatic rings. The first-order chi connectivity index (χ1) is 14.8. The van der Waals surface area contributed by atoms with E-state index in [9.17, 15) is 23.5 Å². The number of allylic oxidation sites excluding steroid dienone is 1. The van der Waals surface area contributed by atoms with Crippen LogP contribution < -0.4 is 10.6 Å². The number of nitrogens with zero attached hydrogens (tertiary/aromatic N) is 1. The van der Waals surface area contributed by atoms with Crippen molar-refractivity contribution in [2.24, 2.45) is 5.41 Å². The average molecular weight is 446 g/mol. The molecule has 0 aliphatic heterocycles. The minimum Gasteiger partial charge on any atom is -0.505 e. The van der Waals surface area contributed by atoms with Crippen LogP contribution in [0.25, 0.3) is 5.57 Å². The number of hydrogen-bond acceptors (Lipinski definition) is 6. The molecule has 5 N–H and O–H groups in total. The highest BCUT2D eigenvalue weighted by Gasteiger charge is 2.28. The number of carboxylic acid groups (broad SMARTS) is 1. The number of pyridine rings is 1. The van der Waals surface area contributed by atoms with Crippen molar-refractivity contribution in [1.82, 2.24) is 10.3 Å². The van der Waals surface area contributed by atoms with Gasteiger partial charge in [-0.2, -0.15) is 0 Å². The molecule has 0 saturated carbocycles. The van der Waals surface area contributed by atoms with Crippen LogP contribution in [0.1, 0.15) is 42.4 Å². The number of aliphatic carboxylic acids is 1. The van der Waals surface area contributed by atoms with Crippen molar-refractivity contribution in [3.8, 4) is 5.75 Å². The van der Waals surface area contributed by atoms with E-state index in [1.54, 1.807) is 6.07 Å². The Balaban J connectivity index is 2.19. The van der Waals surface area contributed by atoms with Gasteiger partial charge in [0.05, 0.1) is 5.41 Å². The van der Waals surface area contributed by atoms with Gasteiger partial charge in [0.1, 0.15) is 5.75 Å². The largest absolute Gasteiger partial charge is 0.505 e. The van der Waals surface area contributed by atoms with E-state index in [1.165, 1.54) is 50.5 Å². The van der Waals surface area contributed by atoms with Gasteiger partial charge in [-0.1, -0.05) is 12.1 Å². The Morgan fingerprint density at radius 3 is 2.47 bits per heavy atom. The molecule has 2 rings (SSSR count). The van der Waals surface area contributed by atoms with Gasteiger partial charge >= 0.3 is 5.97 Å². The third kappa shape index (κ3) is 6.10. The summed E-state index contributed by atoms with van der Waals surface area (Å²) in [6.45, 7) is 3.50. The number of benzene rings is 1. The van der Waals surface area contributed by atoms with Crippen LogP contribution >= 0.6 is 0 Å². The van der Waals surface area contributed by atoms with E-state index in [2.05, 4.69) is 15.6 Å². The van der Waals surface area contributed by atoms with Gasteiger partial charge in [-0.25, -0.2) is 13.8 Å². The zero-order chi connectivity index (χ0) is 24.1. The molecule has 10 heteroatoms. The fourth-order valence-corrected chi connectivity index (χ4v) is 2.50. The zero-order valence-electron chi connectivity index (χ0n) is 17.7. The number of halogens is 2. The highest BCUT2D eigenvalue weighted by atomic mass is 19.3. The van der Waals surface area contributed by atoms with Crippen molar-refractivity contribution in [2.75, 3.05) is 11.9 Å². The summed E-state index contributed by atoms with van der Waals surface area (Å²) in [6, 6.07) is 6.85. The number of anilines is 1. The maximum atomic E-state index is 13.5. The van der Waals surface area contributed by atoms with E-state index in [1.807, 2.05) is 0 Å². The average Bonchev–Trinajstić information content (AvgIpc) is 2.72. The van der Waals surface area contributed by atoms with Gasteiger partial charge in [-0.15, -0.1) is 0 Å². The van der Waals surface area contributed by atoms with Crippen LogP contribution in [0, 0.1) is 10.8 Å². The first kappa shape index (κ1) is 24.4. The summed E-state index contributed by atoms with van der Waals surface area (Å²) in [5.41, 5.74) is -0.743. The summed E-state index contributed by atoms with van der Waals surface area (Å²) in [7, 11) is 0. The van der Waals surface area contributed by atoms with E-state index >= 15 is 0 Å². The van der Waals surface area contributed by atoms with Crippen LogP contribution in [0.5, 0.6) is 5.75 Å². The Kier molecular flexibility index (Phi) is 7.29. The predicted molar refractivity (Wildman–Crippen MR) is 116 cm³/mol. The Morgan fingerprint density at radius 1 is 1.22 bits per heavy atom. The van der Waals surface area contributed by atoms with Crippen LogP contribution in [-0.4, -0.2) is 39.8 Å². The van der Waals surface area contributed by atoms with Gasteiger partial charge in [0.15, 0.2) is 5.69 Å². The van der Waals surface area contributed by atoms with E-state index in [0.29, 0.717) is 11.3 Å². The van der Waals surface area contributed by atoms with Crippen molar-refractivity contribution >= 4 is 29.4 Å². The lowest BCUT2D eigenvalue weighted by Crippen LogP contribution is -2.39. The first-order valence-electron chi connectivity index (χ1n) is 9.51. The zero-order valence-corrected chi connectivity index (χ0v) is 17.7. The Hall–Kier alpha value is -3.82. The lowest BCUT2D eigenvalue weighted by molar-refractivity contribution is -0.146. The summed E-state index contributed by atoms with van der Waals surface area (Å²) < 4.78 is 27.0. The third-order valence-corrected chi connectivity index (χ3v) is 4.61. The van der Waals surface area contributed by atoms with Crippen LogP contribution in [0.2, 0.25) is 0 Å². The maximum absolute atomic E-state index is 13.5. The highest BCUT2D eigenvalue weighted by Crippen LogP contribution is 2.29. The van der Waals surface area contributed by atoms with Crippen LogP contribution in [-0.2, 0) is 10.7 Å². The van der Waals surface area contributed by atoms with Crippen molar-refractivity contribution in [3.63, 3.8) is 0 Å². The molecule has 1 aromatic heterocycles. The molecule has 32 heavy (non-hydrogen) atoms. The molecule has 1 aromatic carbocycles. The number of hydrogen-bond donors (Lipinski definition) is 5. The fraction of sp³-hybridized carbons (Fsp3) is 0.273.